The van der Waals surface area contributed by atoms with Crippen molar-refractivity contribution in [3.8, 4) is 6.07 Å². The highest BCUT2D eigenvalue weighted by Gasteiger charge is 2.28. The fraction of sp³-hybridized carbons (Fsp3) is 0.316. The molecular weight excluding hydrogens is 316 g/mol. The Morgan fingerprint density at radius 1 is 1.40 bits per heavy atom. The summed E-state index contributed by atoms with van der Waals surface area (Å²) in [7, 11) is 0. The molecule has 126 valence electrons. The number of hydrogen-bond acceptors (Lipinski definition) is 4. The molecule has 0 amide bonds. The molecule has 3 aromatic rings. The second-order valence-corrected chi connectivity index (χ2v) is 6.56. The zero-order chi connectivity index (χ0) is 17.6. The van der Waals surface area contributed by atoms with Crippen LogP contribution in [0.25, 0.3) is 16.7 Å². The maximum atomic E-state index is 11.4. The van der Waals surface area contributed by atoms with Crippen LogP contribution >= 0.6 is 0 Å². The van der Waals surface area contributed by atoms with Crippen LogP contribution in [0.3, 0.4) is 0 Å². The normalized spacial score (nSPS) is 17.8. The molecule has 0 aliphatic carbocycles. The van der Waals surface area contributed by atoms with Crippen LogP contribution in [0, 0.1) is 24.2 Å². The third-order valence-corrected chi connectivity index (χ3v) is 4.96. The van der Waals surface area contributed by atoms with Gasteiger partial charge in [-0.3, -0.25) is 9.20 Å². The van der Waals surface area contributed by atoms with Crippen LogP contribution in [0.5, 0.6) is 0 Å². The second-order valence-electron chi connectivity index (χ2n) is 6.56. The van der Waals surface area contributed by atoms with Crippen molar-refractivity contribution in [3.05, 3.63) is 41.5 Å². The number of piperidine rings is 1. The van der Waals surface area contributed by atoms with Crippen molar-refractivity contribution in [1.29, 1.82) is 5.26 Å². The van der Waals surface area contributed by atoms with Gasteiger partial charge in [-0.05, 0) is 43.5 Å². The summed E-state index contributed by atoms with van der Waals surface area (Å²) in [6, 6.07) is 12.0. The van der Waals surface area contributed by atoms with Gasteiger partial charge in [0.05, 0.1) is 22.5 Å². The molecule has 2 aromatic heterocycles. The first kappa shape index (κ1) is 15.5. The van der Waals surface area contributed by atoms with E-state index < -0.39 is 5.97 Å². The van der Waals surface area contributed by atoms with Crippen molar-refractivity contribution in [2.24, 2.45) is 5.92 Å². The molecule has 1 saturated heterocycles. The molecule has 0 radical (unpaired) electrons. The first-order chi connectivity index (χ1) is 12.1. The molecule has 1 N–H and O–H groups in total. The number of carbonyl (C=O) groups is 1. The summed E-state index contributed by atoms with van der Waals surface area (Å²) in [5.74, 6) is -0.206. The zero-order valence-electron chi connectivity index (χ0n) is 13.9. The molecule has 1 fully saturated rings. The van der Waals surface area contributed by atoms with Gasteiger partial charge < -0.3 is 10.0 Å². The molecule has 4 rings (SSSR count). The Morgan fingerprint density at radius 3 is 2.96 bits per heavy atom. The number of fused-ring (bicyclic) bond motifs is 3. The van der Waals surface area contributed by atoms with Crippen LogP contribution in [0.1, 0.15) is 24.0 Å². The largest absolute Gasteiger partial charge is 0.481 e. The molecule has 1 aliphatic rings. The summed E-state index contributed by atoms with van der Waals surface area (Å²) < 4.78 is 1.99. The number of imidazole rings is 1. The van der Waals surface area contributed by atoms with E-state index in [-0.39, 0.29) is 5.92 Å². The number of nitrogens with zero attached hydrogens (tertiary/aromatic N) is 4. The molecule has 0 spiro atoms. The van der Waals surface area contributed by atoms with Gasteiger partial charge >= 0.3 is 5.97 Å². The Balaban J connectivity index is 1.97. The number of para-hydroxylation sites is 2. The predicted molar refractivity (Wildman–Crippen MR) is 94.7 cm³/mol. The fourth-order valence-corrected chi connectivity index (χ4v) is 3.69. The van der Waals surface area contributed by atoms with E-state index in [0.717, 1.165) is 35.4 Å². The van der Waals surface area contributed by atoms with Crippen molar-refractivity contribution in [2.75, 3.05) is 18.0 Å². The minimum Gasteiger partial charge on any atom is -0.481 e. The summed E-state index contributed by atoms with van der Waals surface area (Å²) in [5.41, 5.74) is 3.82. The Bertz CT molecular complexity index is 1030. The highest BCUT2D eigenvalue weighted by Crippen LogP contribution is 2.31. The summed E-state index contributed by atoms with van der Waals surface area (Å²) in [6.07, 6.45) is 1.54. The predicted octanol–water partition coefficient (Wildman–Crippen LogP) is 2.97. The van der Waals surface area contributed by atoms with Crippen molar-refractivity contribution < 1.29 is 9.90 Å². The van der Waals surface area contributed by atoms with Crippen LogP contribution in [-0.2, 0) is 4.79 Å². The van der Waals surface area contributed by atoms with Crippen LogP contribution in [-0.4, -0.2) is 33.6 Å². The maximum Gasteiger partial charge on any atom is 0.308 e. The van der Waals surface area contributed by atoms with E-state index in [2.05, 4.69) is 16.0 Å². The summed E-state index contributed by atoms with van der Waals surface area (Å²) in [4.78, 5) is 18.2. The average Bonchev–Trinajstić information content (AvgIpc) is 3.00. The van der Waals surface area contributed by atoms with Crippen LogP contribution in [0.4, 0.5) is 5.82 Å². The lowest BCUT2D eigenvalue weighted by molar-refractivity contribution is -0.141. The van der Waals surface area contributed by atoms with E-state index in [4.69, 9.17) is 0 Å². The molecule has 0 bridgehead atoms. The van der Waals surface area contributed by atoms with E-state index in [1.165, 1.54) is 0 Å². The molecular formula is C19H18N4O2. The molecule has 1 aliphatic heterocycles. The molecule has 1 atom stereocenters. The SMILES string of the molecule is Cc1cc(N2CCCC(C(=O)O)C2)n2c(nc3ccccc32)c1C#N. The Morgan fingerprint density at radius 2 is 2.20 bits per heavy atom. The van der Waals surface area contributed by atoms with Gasteiger partial charge in [-0.1, -0.05) is 12.1 Å². The number of benzene rings is 1. The van der Waals surface area contributed by atoms with Gasteiger partial charge in [0.2, 0.25) is 0 Å². The number of aryl methyl sites for hydroxylation is 1. The van der Waals surface area contributed by atoms with Gasteiger partial charge in [-0.15, -0.1) is 0 Å². The molecule has 1 aromatic carbocycles. The van der Waals surface area contributed by atoms with Crippen LogP contribution in [0.2, 0.25) is 0 Å². The smallest absolute Gasteiger partial charge is 0.308 e. The van der Waals surface area contributed by atoms with Crippen molar-refractivity contribution in [2.45, 2.75) is 19.8 Å². The van der Waals surface area contributed by atoms with E-state index in [9.17, 15) is 15.2 Å². The van der Waals surface area contributed by atoms with Gasteiger partial charge in [0, 0.05) is 13.1 Å². The number of anilines is 1. The Kier molecular flexibility index (Phi) is 3.57. The van der Waals surface area contributed by atoms with Gasteiger partial charge in [0.25, 0.3) is 0 Å². The lowest BCUT2D eigenvalue weighted by Gasteiger charge is -2.33. The first-order valence-corrected chi connectivity index (χ1v) is 8.39. The van der Waals surface area contributed by atoms with Crippen molar-refractivity contribution >= 4 is 28.5 Å². The van der Waals surface area contributed by atoms with Crippen molar-refractivity contribution in [3.63, 3.8) is 0 Å². The van der Waals surface area contributed by atoms with Gasteiger partial charge in [-0.25, -0.2) is 4.98 Å². The first-order valence-electron chi connectivity index (χ1n) is 8.39. The minimum atomic E-state index is -0.748. The molecule has 25 heavy (non-hydrogen) atoms. The Hall–Kier alpha value is -3.07. The molecule has 0 saturated carbocycles. The van der Waals surface area contributed by atoms with E-state index in [1.54, 1.807) is 0 Å². The topological polar surface area (TPSA) is 81.6 Å². The van der Waals surface area contributed by atoms with Crippen LogP contribution < -0.4 is 4.90 Å². The van der Waals surface area contributed by atoms with Crippen LogP contribution in [0.15, 0.2) is 30.3 Å². The monoisotopic (exact) mass is 334 g/mol. The molecule has 6 nitrogen and oxygen atoms in total. The average molecular weight is 334 g/mol. The van der Waals surface area contributed by atoms with Crippen molar-refractivity contribution in [1.82, 2.24) is 9.38 Å². The van der Waals surface area contributed by atoms with Gasteiger partial charge in [-0.2, -0.15) is 5.26 Å². The highest BCUT2D eigenvalue weighted by atomic mass is 16.4. The number of nitriles is 1. The number of rotatable bonds is 2. The molecule has 6 heteroatoms. The highest BCUT2D eigenvalue weighted by molar-refractivity contribution is 5.85. The van der Waals surface area contributed by atoms with E-state index in [1.807, 2.05) is 41.7 Å². The van der Waals surface area contributed by atoms with Gasteiger partial charge in [0.15, 0.2) is 5.65 Å². The second kappa shape index (κ2) is 5.78. The Labute approximate surface area is 144 Å². The van der Waals surface area contributed by atoms with E-state index in [0.29, 0.717) is 24.2 Å². The zero-order valence-corrected chi connectivity index (χ0v) is 13.9. The number of aromatic nitrogens is 2. The summed E-state index contributed by atoms with van der Waals surface area (Å²) >= 11 is 0. The number of aliphatic carboxylic acids is 1. The summed E-state index contributed by atoms with van der Waals surface area (Å²) in [6.45, 7) is 3.18. The van der Waals surface area contributed by atoms with E-state index >= 15 is 0 Å². The number of carboxylic acids is 1. The third-order valence-electron chi connectivity index (χ3n) is 4.96. The minimum absolute atomic E-state index is 0.366. The fourth-order valence-electron chi connectivity index (χ4n) is 3.69. The number of hydrogen-bond donors (Lipinski definition) is 1. The van der Waals surface area contributed by atoms with Gasteiger partial charge in [0.1, 0.15) is 11.9 Å². The molecule has 3 heterocycles. The standard InChI is InChI=1S/C19H18N4O2/c1-12-9-17(22-8-4-5-13(11-22)19(24)25)23-16-7-3-2-6-15(16)21-18(23)14(12)10-20/h2-3,6-7,9,13H,4-5,8,11H2,1H3,(H,24,25). The maximum absolute atomic E-state index is 11.4. The lowest BCUT2D eigenvalue weighted by atomic mass is 9.98. The lowest BCUT2D eigenvalue weighted by Crippen LogP contribution is -2.39. The summed E-state index contributed by atoms with van der Waals surface area (Å²) in [5, 5.41) is 19.0. The third kappa shape index (κ3) is 2.40. The number of pyridine rings is 1. The quantitative estimate of drug-likeness (QED) is 0.779. The molecule has 1 unspecified atom stereocenters. The number of carboxylic acid groups (broad SMARTS) is 1.